The number of amides is 1. The summed E-state index contributed by atoms with van der Waals surface area (Å²) in [6.45, 7) is 3.27. The van der Waals surface area contributed by atoms with Crippen LogP contribution in [0.5, 0.6) is 0 Å². The van der Waals surface area contributed by atoms with Gasteiger partial charge in [-0.3, -0.25) is 9.59 Å². The quantitative estimate of drug-likeness (QED) is 0.942. The number of piperidine rings is 1. The van der Waals surface area contributed by atoms with Gasteiger partial charge in [-0.05, 0) is 42.2 Å². The maximum atomic E-state index is 12.3. The number of hydrogen-bond acceptors (Lipinski definition) is 4. The summed E-state index contributed by atoms with van der Waals surface area (Å²) in [6, 6.07) is 3.58. The van der Waals surface area contributed by atoms with E-state index in [1.807, 2.05) is 21.7 Å². The minimum Gasteiger partial charge on any atom is -0.342 e. The SMILES string of the molecule is Cc1nc(C2CCN(C(=O)Cc3ccsc3)CC2)cc(=O)[nH]1. The molecule has 2 aromatic heterocycles. The summed E-state index contributed by atoms with van der Waals surface area (Å²) in [5.74, 6) is 1.11. The summed E-state index contributed by atoms with van der Waals surface area (Å²) in [5.41, 5.74) is 1.84. The topological polar surface area (TPSA) is 66.1 Å². The number of hydrogen-bond donors (Lipinski definition) is 1. The molecule has 0 atom stereocenters. The van der Waals surface area contributed by atoms with Gasteiger partial charge in [0.15, 0.2) is 0 Å². The number of aryl methyl sites for hydroxylation is 1. The molecule has 0 saturated carbocycles. The highest BCUT2D eigenvalue weighted by molar-refractivity contribution is 7.07. The van der Waals surface area contributed by atoms with Gasteiger partial charge in [0.25, 0.3) is 5.56 Å². The molecule has 0 radical (unpaired) electrons. The largest absolute Gasteiger partial charge is 0.342 e. The van der Waals surface area contributed by atoms with Crippen molar-refractivity contribution in [1.29, 1.82) is 0 Å². The summed E-state index contributed by atoms with van der Waals surface area (Å²) in [5, 5.41) is 4.02. The number of nitrogens with one attached hydrogen (secondary N) is 1. The lowest BCUT2D eigenvalue weighted by Crippen LogP contribution is -2.39. The van der Waals surface area contributed by atoms with Crippen LogP contribution in [0, 0.1) is 6.92 Å². The molecule has 3 heterocycles. The Morgan fingerprint density at radius 2 is 2.23 bits per heavy atom. The molecule has 0 unspecified atom stereocenters. The first-order valence-electron chi connectivity index (χ1n) is 7.48. The monoisotopic (exact) mass is 317 g/mol. The number of thiophene rings is 1. The average molecular weight is 317 g/mol. The van der Waals surface area contributed by atoms with E-state index in [4.69, 9.17) is 0 Å². The smallest absolute Gasteiger partial charge is 0.251 e. The molecular weight excluding hydrogens is 298 g/mol. The van der Waals surface area contributed by atoms with E-state index in [0.717, 1.165) is 37.2 Å². The van der Waals surface area contributed by atoms with Crippen LogP contribution in [0.3, 0.4) is 0 Å². The molecule has 0 bridgehead atoms. The van der Waals surface area contributed by atoms with E-state index in [1.54, 1.807) is 24.3 Å². The summed E-state index contributed by atoms with van der Waals surface area (Å²) in [6.07, 6.45) is 2.22. The molecule has 6 heteroatoms. The van der Waals surface area contributed by atoms with Crippen LogP contribution in [0.15, 0.2) is 27.7 Å². The Morgan fingerprint density at radius 3 is 2.86 bits per heavy atom. The van der Waals surface area contributed by atoms with Gasteiger partial charge in [0, 0.05) is 25.1 Å². The van der Waals surface area contributed by atoms with Gasteiger partial charge in [-0.25, -0.2) is 4.98 Å². The van der Waals surface area contributed by atoms with Crippen LogP contribution < -0.4 is 5.56 Å². The minimum atomic E-state index is -0.0986. The molecule has 0 aliphatic carbocycles. The Morgan fingerprint density at radius 1 is 1.45 bits per heavy atom. The van der Waals surface area contributed by atoms with Crippen molar-refractivity contribution in [2.24, 2.45) is 0 Å². The molecule has 1 amide bonds. The first-order chi connectivity index (χ1) is 10.6. The fraction of sp³-hybridized carbons (Fsp3) is 0.438. The van der Waals surface area contributed by atoms with E-state index in [1.165, 1.54) is 0 Å². The number of aromatic amines is 1. The highest BCUT2D eigenvalue weighted by Crippen LogP contribution is 2.26. The van der Waals surface area contributed by atoms with Gasteiger partial charge in [-0.2, -0.15) is 11.3 Å². The molecule has 5 nitrogen and oxygen atoms in total. The normalized spacial score (nSPS) is 16.0. The Hall–Kier alpha value is -1.95. The highest BCUT2D eigenvalue weighted by Gasteiger charge is 2.25. The summed E-state index contributed by atoms with van der Waals surface area (Å²) in [7, 11) is 0. The number of likely N-dealkylation sites (tertiary alicyclic amines) is 1. The van der Waals surface area contributed by atoms with Crippen molar-refractivity contribution in [3.05, 3.63) is 50.3 Å². The van der Waals surface area contributed by atoms with Crippen LogP contribution in [0.4, 0.5) is 0 Å². The van der Waals surface area contributed by atoms with Crippen molar-refractivity contribution in [2.75, 3.05) is 13.1 Å². The third-order valence-corrected chi connectivity index (χ3v) is 4.81. The number of carbonyl (C=O) groups excluding carboxylic acids is 1. The number of H-pyrrole nitrogens is 1. The third-order valence-electron chi connectivity index (χ3n) is 4.08. The summed E-state index contributed by atoms with van der Waals surface area (Å²) < 4.78 is 0. The molecule has 2 aromatic rings. The lowest BCUT2D eigenvalue weighted by atomic mass is 9.93. The van der Waals surface area contributed by atoms with E-state index >= 15 is 0 Å². The van der Waals surface area contributed by atoms with Gasteiger partial charge < -0.3 is 9.88 Å². The molecular formula is C16H19N3O2S. The number of aromatic nitrogens is 2. The van der Waals surface area contributed by atoms with Crippen molar-refractivity contribution in [1.82, 2.24) is 14.9 Å². The van der Waals surface area contributed by atoms with Gasteiger partial charge in [0.2, 0.25) is 5.91 Å². The van der Waals surface area contributed by atoms with E-state index in [9.17, 15) is 9.59 Å². The van der Waals surface area contributed by atoms with Crippen molar-refractivity contribution in [3.63, 3.8) is 0 Å². The molecule has 0 spiro atoms. The molecule has 116 valence electrons. The van der Waals surface area contributed by atoms with Gasteiger partial charge in [-0.1, -0.05) is 0 Å². The first kappa shape index (κ1) is 15.0. The molecule has 1 aliphatic rings. The fourth-order valence-corrected chi connectivity index (χ4v) is 3.58. The number of rotatable bonds is 3. The maximum absolute atomic E-state index is 12.3. The van der Waals surface area contributed by atoms with Crippen molar-refractivity contribution >= 4 is 17.2 Å². The minimum absolute atomic E-state index is 0.0986. The number of carbonyl (C=O) groups is 1. The zero-order valence-electron chi connectivity index (χ0n) is 12.5. The zero-order chi connectivity index (χ0) is 15.5. The lowest BCUT2D eigenvalue weighted by molar-refractivity contribution is -0.131. The second kappa shape index (κ2) is 6.44. The highest BCUT2D eigenvalue weighted by atomic mass is 32.1. The Kier molecular flexibility index (Phi) is 4.38. The van der Waals surface area contributed by atoms with E-state index < -0.39 is 0 Å². The summed E-state index contributed by atoms with van der Waals surface area (Å²) >= 11 is 1.62. The Labute approximate surface area is 133 Å². The Bertz CT molecular complexity index is 700. The first-order valence-corrected chi connectivity index (χ1v) is 8.43. The molecule has 22 heavy (non-hydrogen) atoms. The fourth-order valence-electron chi connectivity index (χ4n) is 2.92. The molecule has 1 fully saturated rings. The molecule has 1 saturated heterocycles. The lowest BCUT2D eigenvalue weighted by Gasteiger charge is -2.31. The predicted octanol–water partition coefficient (Wildman–Crippen LogP) is 2.09. The molecule has 3 rings (SSSR count). The van der Waals surface area contributed by atoms with E-state index in [-0.39, 0.29) is 17.4 Å². The number of nitrogens with zero attached hydrogens (tertiary/aromatic N) is 2. The van der Waals surface area contributed by atoms with Crippen LogP contribution in [0.1, 0.15) is 35.8 Å². The molecule has 1 N–H and O–H groups in total. The Balaban J connectivity index is 1.60. The standard InChI is InChI=1S/C16H19N3O2S/c1-11-17-14(9-15(20)18-11)13-2-5-19(6-3-13)16(21)8-12-4-7-22-10-12/h4,7,9-10,13H,2-3,5-6,8H2,1H3,(H,17,18,20). The van der Waals surface area contributed by atoms with Gasteiger partial charge >= 0.3 is 0 Å². The van der Waals surface area contributed by atoms with Crippen LogP contribution in [-0.2, 0) is 11.2 Å². The summed E-state index contributed by atoms with van der Waals surface area (Å²) in [4.78, 5) is 32.8. The maximum Gasteiger partial charge on any atom is 0.251 e. The van der Waals surface area contributed by atoms with Crippen LogP contribution in [-0.4, -0.2) is 33.9 Å². The van der Waals surface area contributed by atoms with Crippen molar-refractivity contribution < 1.29 is 4.79 Å². The molecule has 1 aliphatic heterocycles. The molecule has 0 aromatic carbocycles. The van der Waals surface area contributed by atoms with Crippen molar-refractivity contribution in [2.45, 2.75) is 32.1 Å². The van der Waals surface area contributed by atoms with Crippen LogP contribution in [0.2, 0.25) is 0 Å². The van der Waals surface area contributed by atoms with Gasteiger partial charge in [-0.15, -0.1) is 0 Å². The van der Waals surface area contributed by atoms with Gasteiger partial charge in [0.1, 0.15) is 5.82 Å². The van der Waals surface area contributed by atoms with Gasteiger partial charge in [0.05, 0.1) is 12.1 Å². The van der Waals surface area contributed by atoms with Crippen LogP contribution in [0.25, 0.3) is 0 Å². The van der Waals surface area contributed by atoms with E-state index in [2.05, 4.69) is 9.97 Å². The van der Waals surface area contributed by atoms with Crippen molar-refractivity contribution in [3.8, 4) is 0 Å². The second-order valence-corrected chi connectivity index (χ2v) is 6.50. The average Bonchev–Trinajstić information content (AvgIpc) is 2.99. The van der Waals surface area contributed by atoms with E-state index in [0.29, 0.717) is 12.2 Å². The van der Waals surface area contributed by atoms with Crippen LogP contribution >= 0.6 is 11.3 Å². The predicted molar refractivity (Wildman–Crippen MR) is 86.2 cm³/mol. The second-order valence-electron chi connectivity index (χ2n) is 5.72. The zero-order valence-corrected chi connectivity index (χ0v) is 13.4. The third kappa shape index (κ3) is 3.44.